The van der Waals surface area contributed by atoms with Gasteiger partial charge < -0.3 is 5.32 Å². The molecule has 6 nitrogen and oxygen atoms in total. The van der Waals surface area contributed by atoms with Crippen LogP contribution in [0.5, 0.6) is 0 Å². The first-order valence-electron chi connectivity index (χ1n) is 6.54. The molecule has 0 aromatic carbocycles. The number of nitrogens with zero attached hydrogens (tertiary/aromatic N) is 5. The summed E-state index contributed by atoms with van der Waals surface area (Å²) in [6, 6.07) is 1.80. The number of anilines is 1. The van der Waals surface area contributed by atoms with Gasteiger partial charge in [-0.25, -0.2) is 4.68 Å². The minimum atomic E-state index is 0.130. The van der Waals surface area contributed by atoms with Crippen LogP contribution in [-0.4, -0.2) is 31.3 Å². The molecule has 2 aromatic heterocycles. The van der Waals surface area contributed by atoms with Crippen LogP contribution in [0, 0.1) is 11.3 Å². The molecule has 0 aliphatic carbocycles. The predicted octanol–water partition coefficient (Wildman–Crippen LogP) is 2.80. The Morgan fingerprint density at radius 3 is 2.65 bits per heavy atom. The smallest absolute Gasteiger partial charge is 0.256 e. The van der Waals surface area contributed by atoms with E-state index in [4.69, 9.17) is 11.6 Å². The topological polar surface area (TPSA) is 68.5 Å². The van der Waals surface area contributed by atoms with Gasteiger partial charge in [0.2, 0.25) is 11.2 Å². The molecule has 7 heteroatoms. The zero-order valence-electron chi connectivity index (χ0n) is 12.1. The summed E-state index contributed by atoms with van der Waals surface area (Å²) in [6.07, 6.45) is 3.42. The lowest BCUT2D eigenvalue weighted by Crippen LogP contribution is -2.29. The lowest BCUT2D eigenvalue weighted by molar-refractivity contribution is 0.269. The van der Waals surface area contributed by atoms with Crippen molar-refractivity contribution >= 4 is 17.5 Å². The quantitative estimate of drug-likeness (QED) is 0.918. The molecule has 0 unspecified atom stereocenters. The van der Waals surface area contributed by atoms with Crippen LogP contribution in [0.3, 0.4) is 0 Å². The summed E-state index contributed by atoms with van der Waals surface area (Å²) >= 11 is 5.94. The number of hydrogen-bond acceptors (Lipinski definition) is 5. The molecule has 108 valence electrons. The van der Waals surface area contributed by atoms with Crippen molar-refractivity contribution in [3.8, 4) is 5.95 Å². The molecule has 0 aliphatic heterocycles. The normalized spacial score (nSPS) is 11.9. The summed E-state index contributed by atoms with van der Waals surface area (Å²) in [4.78, 5) is 12.5. The van der Waals surface area contributed by atoms with E-state index in [1.165, 1.54) is 0 Å². The van der Waals surface area contributed by atoms with Gasteiger partial charge in [0.05, 0.1) is 0 Å². The van der Waals surface area contributed by atoms with Gasteiger partial charge in [0, 0.05) is 18.9 Å². The summed E-state index contributed by atoms with van der Waals surface area (Å²) in [5.74, 6) is 1.40. The number of hydrogen-bond donors (Lipinski definition) is 1. The third-order valence-electron chi connectivity index (χ3n) is 3.57. The molecule has 0 fully saturated rings. The van der Waals surface area contributed by atoms with E-state index in [1.807, 2.05) is 0 Å². The highest BCUT2D eigenvalue weighted by Gasteiger charge is 2.22. The van der Waals surface area contributed by atoms with Crippen LogP contribution in [0.15, 0.2) is 18.5 Å². The molecule has 0 saturated heterocycles. The van der Waals surface area contributed by atoms with Crippen LogP contribution in [0.25, 0.3) is 5.95 Å². The van der Waals surface area contributed by atoms with Crippen molar-refractivity contribution in [2.24, 2.45) is 11.3 Å². The highest BCUT2D eigenvalue weighted by atomic mass is 35.5. The van der Waals surface area contributed by atoms with E-state index in [2.05, 4.69) is 53.1 Å². The second kappa shape index (κ2) is 5.75. The van der Waals surface area contributed by atoms with Crippen LogP contribution in [-0.2, 0) is 0 Å². The Morgan fingerprint density at radius 2 is 2.05 bits per heavy atom. The van der Waals surface area contributed by atoms with E-state index in [1.54, 1.807) is 23.1 Å². The van der Waals surface area contributed by atoms with Gasteiger partial charge in [-0.05, 0) is 29.0 Å². The minimum absolute atomic E-state index is 0.130. The van der Waals surface area contributed by atoms with Gasteiger partial charge >= 0.3 is 0 Å². The maximum Gasteiger partial charge on any atom is 0.256 e. The van der Waals surface area contributed by atoms with Gasteiger partial charge in [-0.2, -0.15) is 20.1 Å². The molecular weight excluding hydrogens is 276 g/mol. The fraction of sp³-hybridized carbons (Fsp3) is 0.538. The summed E-state index contributed by atoms with van der Waals surface area (Å²) in [5.41, 5.74) is 0.130. The molecule has 0 aliphatic rings. The monoisotopic (exact) mass is 294 g/mol. The largest absolute Gasteiger partial charge is 0.353 e. The van der Waals surface area contributed by atoms with Crippen LogP contribution < -0.4 is 5.32 Å². The zero-order chi connectivity index (χ0) is 14.8. The Kier molecular flexibility index (Phi) is 4.23. The number of halogens is 1. The molecule has 2 aromatic rings. The zero-order valence-corrected chi connectivity index (χ0v) is 12.9. The van der Waals surface area contributed by atoms with Crippen molar-refractivity contribution in [1.29, 1.82) is 0 Å². The van der Waals surface area contributed by atoms with E-state index >= 15 is 0 Å². The van der Waals surface area contributed by atoms with E-state index in [-0.39, 0.29) is 10.7 Å². The summed E-state index contributed by atoms with van der Waals surface area (Å²) < 4.78 is 1.55. The highest BCUT2D eigenvalue weighted by molar-refractivity contribution is 6.28. The molecule has 1 N–H and O–H groups in total. The van der Waals surface area contributed by atoms with Gasteiger partial charge in [-0.1, -0.05) is 27.7 Å². The summed E-state index contributed by atoms with van der Waals surface area (Å²) in [6.45, 7) is 9.53. The predicted molar refractivity (Wildman–Crippen MR) is 79.1 cm³/mol. The summed E-state index contributed by atoms with van der Waals surface area (Å²) in [5, 5.41) is 7.45. The fourth-order valence-electron chi connectivity index (χ4n) is 1.42. The van der Waals surface area contributed by atoms with Crippen LogP contribution in [0.4, 0.5) is 5.95 Å². The Morgan fingerprint density at radius 1 is 1.30 bits per heavy atom. The lowest BCUT2D eigenvalue weighted by Gasteiger charge is -2.29. The Labute approximate surface area is 123 Å². The van der Waals surface area contributed by atoms with E-state index < -0.39 is 0 Å². The number of nitrogens with one attached hydrogen (secondary N) is 1. The van der Waals surface area contributed by atoms with Gasteiger partial charge in [-0.15, -0.1) is 0 Å². The first-order valence-corrected chi connectivity index (χ1v) is 6.92. The molecular formula is C13H19ClN6. The Hall–Kier alpha value is -1.69. The molecule has 0 saturated carbocycles. The molecule has 2 heterocycles. The summed E-state index contributed by atoms with van der Waals surface area (Å²) in [7, 11) is 0. The van der Waals surface area contributed by atoms with Gasteiger partial charge in [0.1, 0.15) is 0 Å². The standard InChI is InChI=1S/C13H19ClN6/c1-9(2)13(3,4)8-15-11-17-10(14)18-12(19-11)20-7-5-6-16-20/h5-7,9H,8H2,1-4H3,(H,15,17,18,19). The first-order chi connectivity index (χ1) is 9.38. The molecule has 20 heavy (non-hydrogen) atoms. The van der Waals surface area contributed by atoms with Crippen LogP contribution >= 0.6 is 11.6 Å². The average Bonchev–Trinajstić information content (AvgIpc) is 2.89. The van der Waals surface area contributed by atoms with Crippen LogP contribution in [0.2, 0.25) is 5.28 Å². The SMILES string of the molecule is CC(C)C(C)(C)CNc1nc(Cl)nc(-n2cccn2)n1. The van der Waals surface area contributed by atoms with E-state index in [0.29, 0.717) is 17.8 Å². The van der Waals surface area contributed by atoms with E-state index in [0.717, 1.165) is 6.54 Å². The first kappa shape index (κ1) is 14.7. The van der Waals surface area contributed by atoms with Gasteiger partial charge in [0.15, 0.2) is 0 Å². The van der Waals surface area contributed by atoms with E-state index in [9.17, 15) is 0 Å². The molecule has 0 atom stereocenters. The Bertz CT molecular complexity index is 564. The van der Waals surface area contributed by atoms with Crippen molar-refractivity contribution < 1.29 is 0 Å². The number of aromatic nitrogens is 5. The van der Waals surface area contributed by atoms with Crippen molar-refractivity contribution in [3.63, 3.8) is 0 Å². The van der Waals surface area contributed by atoms with Crippen molar-refractivity contribution in [2.45, 2.75) is 27.7 Å². The van der Waals surface area contributed by atoms with Crippen molar-refractivity contribution in [2.75, 3.05) is 11.9 Å². The van der Waals surface area contributed by atoms with Gasteiger partial charge in [0.25, 0.3) is 5.95 Å². The van der Waals surface area contributed by atoms with Crippen molar-refractivity contribution in [3.05, 3.63) is 23.7 Å². The molecule has 0 amide bonds. The average molecular weight is 295 g/mol. The molecule has 0 radical (unpaired) electrons. The van der Waals surface area contributed by atoms with Crippen LogP contribution in [0.1, 0.15) is 27.7 Å². The second-order valence-corrected chi connectivity index (χ2v) is 6.01. The van der Waals surface area contributed by atoms with Crippen molar-refractivity contribution in [1.82, 2.24) is 24.7 Å². The minimum Gasteiger partial charge on any atom is -0.353 e. The lowest BCUT2D eigenvalue weighted by atomic mass is 9.81. The fourth-order valence-corrected chi connectivity index (χ4v) is 1.57. The third-order valence-corrected chi connectivity index (χ3v) is 3.74. The van der Waals surface area contributed by atoms with Gasteiger partial charge in [-0.3, -0.25) is 0 Å². The molecule has 0 bridgehead atoms. The second-order valence-electron chi connectivity index (χ2n) is 5.68. The number of rotatable bonds is 5. The molecule has 2 rings (SSSR count). The maximum absolute atomic E-state index is 5.94. The Balaban J connectivity index is 2.17. The maximum atomic E-state index is 5.94. The highest BCUT2D eigenvalue weighted by Crippen LogP contribution is 2.26. The third kappa shape index (κ3) is 3.45. The molecule has 0 spiro atoms.